The number of hydrogen-bond acceptors (Lipinski definition) is 4. The highest BCUT2D eigenvalue weighted by molar-refractivity contribution is 6.30. The van der Waals surface area contributed by atoms with Crippen LogP contribution in [0.25, 0.3) is 122 Å². The molecule has 0 bridgehead atoms. The molecule has 1 aliphatic carbocycles. The molecule has 3 aromatic heterocycles. The lowest BCUT2D eigenvalue weighted by molar-refractivity contribution is 0.660. The average Bonchev–Trinajstić information content (AvgIpc) is 3.88. The van der Waals surface area contributed by atoms with Crippen LogP contribution in [0.5, 0.6) is 0 Å². The Balaban J connectivity index is 0.986. The molecule has 0 saturated carbocycles. The summed E-state index contributed by atoms with van der Waals surface area (Å²) >= 11 is 0. The van der Waals surface area contributed by atoms with E-state index in [1.807, 2.05) is 30.3 Å². The minimum Gasteiger partial charge on any atom is -0.455 e. The van der Waals surface area contributed by atoms with E-state index in [1.54, 1.807) is 0 Å². The van der Waals surface area contributed by atoms with Crippen molar-refractivity contribution in [1.82, 2.24) is 15.0 Å². The maximum Gasteiger partial charge on any atom is 0.160 e. The number of para-hydroxylation sites is 2. The largest absolute Gasteiger partial charge is 0.455 e. The molecule has 4 heteroatoms. The van der Waals surface area contributed by atoms with Gasteiger partial charge in [0.05, 0.1) is 22.6 Å². The molecule has 0 spiro atoms. The van der Waals surface area contributed by atoms with Gasteiger partial charge in [0.15, 0.2) is 5.82 Å². The van der Waals surface area contributed by atoms with Crippen LogP contribution in [0.3, 0.4) is 0 Å². The maximum atomic E-state index is 6.90. The summed E-state index contributed by atoms with van der Waals surface area (Å²) in [4.78, 5) is 15.8. The summed E-state index contributed by atoms with van der Waals surface area (Å²) in [5.41, 5.74) is 19.0. The molecule has 0 saturated heterocycles. The number of benzene rings is 9. The third-order valence-corrected chi connectivity index (χ3v) is 13.7. The average molecular weight is 844 g/mol. The number of nitrogens with zero attached hydrogens (tertiary/aromatic N) is 3. The molecule has 12 aromatic rings. The summed E-state index contributed by atoms with van der Waals surface area (Å²) in [5.74, 6) is 0.684. The van der Waals surface area contributed by atoms with Gasteiger partial charge < -0.3 is 4.42 Å². The van der Waals surface area contributed by atoms with Crippen molar-refractivity contribution in [3.05, 3.63) is 223 Å². The van der Waals surface area contributed by atoms with Crippen LogP contribution in [0.1, 0.15) is 25.0 Å². The summed E-state index contributed by atoms with van der Waals surface area (Å²) in [6.45, 7) is 4.68. The molecule has 0 radical (unpaired) electrons. The lowest BCUT2D eigenvalue weighted by Gasteiger charge is -2.22. The van der Waals surface area contributed by atoms with Crippen molar-refractivity contribution in [1.29, 1.82) is 0 Å². The molecule has 0 atom stereocenters. The van der Waals surface area contributed by atoms with Crippen molar-refractivity contribution < 1.29 is 4.42 Å². The van der Waals surface area contributed by atoms with Crippen molar-refractivity contribution in [2.45, 2.75) is 19.3 Å². The molecule has 0 N–H and O–H groups in total. The first-order valence-corrected chi connectivity index (χ1v) is 22.6. The van der Waals surface area contributed by atoms with Crippen LogP contribution in [0.15, 0.2) is 217 Å². The Bertz CT molecular complexity index is 3870. The zero-order valence-electron chi connectivity index (χ0n) is 36.5. The van der Waals surface area contributed by atoms with E-state index < -0.39 is 0 Å². The van der Waals surface area contributed by atoms with E-state index in [2.05, 4.69) is 196 Å². The molecule has 13 rings (SSSR count). The zero-order chi connectivity index (χ0) is 43.9. The Morgan fingerprint density at radius 2 is 0.924 bits per heavy atom. The van der Waals surface area contributed by atoms with E-state index in [-0.39, 0.29) is 5.41 Å². The first kappa shape index (κ1) is 38.0. The highest BCUT2D eigenvalue weighted by Crippen LogP contribution is 2.51. The molecule has 0 amide bonds. The number of furan rings is 1. The van der Waals surface area contributed by atoms with Crippen molar-refractivity contribution in [2.75, 3.05) is 0 Å². The molecule has 0 unspecified atom stereocenters. The highest BCUT2D eigenvalue weighted by atomic mass is 16.3. The second-order valence-corrected chi connectivity index (χ2v) is 17.9. The Kier molecular flexibility index (Phi) is 8.53. The van der Waals surface area contributed by atoms with Gasteiger partial charge >= 0.3 is 0 Å². The van der Waals surface area contributed by atoms with Crippen LogP contribution in [0.4, 0.5) is 0 Å². The van der Waals surface area contributed by atoms with E-state index in [0.717, 1.165) is 99.6 Å². The molecular formula is C62H41N3O. The fraction of sp³-hybridized carbons (Fsp3) is 0.0484. The Morgan fingerprint density at radius 3 is 1.67 bits per heavy atom. The molecule has 310 valence electrons. The first-order chi connectivity index (χ1) is 32.5. The van der Waals surface area contributed by atoms with Crippen molar-refractivity contribution in [3.8, 4) is 78.5 Å². The molecule has 1 aliphatic rings. The summed E-state index contributed by atoms with van der Waals surface area (Å²) in [5, 5.41) is 5.53. The quantitative estimate of drug-likeness (QED) is 0.157. The van der Waals surface area contributed by atoms with E-state index in [4.69, 9.17) is 19.4 Å². The van der Waals surface area contributed by atoms with Gasteiger partial charge in [0, 0.05) is 60.2 Å². The molecule has 3 heterocycles. The number of fused-ring (bicyclic) bond motifs is 10. The third-order valence-electron chi connectivity index (χ3n) is 13.7. The van der Waals surface area contributed by atoms with Crippen LogP contribution < -0.4 is 0 Å². The minimum atomic E-state index is -0.144. The summed E-state index contributed by atoms with van der Waals surface area (Å²) in [7, 11) is 0. The van der Waals surface area contributed by atoms with Gasteiger partial charge in [-0.15, -0.1) is 0 Å². The van der Waals surface area contributed by atoms with Crippen molar-refractivity contribution >= 4 is 43.6 Å². The maximum absolute atomic E-state index is 6.90. The van der Waals surface area contributed by atoms with Gasteiger partial charge in [-0.1, -0.05) is 196 Å². The van der Waals surface area contributed by atoms with Crippen molar-refractivity contribution in [3.63, 3.8) is 0 Å². The van der Waals surface area contributed by atoms with Crippen LogP contribution >= 0.6 is 0 Å². The third kappa shape index (κ3) is 6.03. The summed E-state index contributed by atoms with van der Waals surface area (Å²) < 4.78 is 6.90. The minimum absolute atomic E-state index is 0.144. The Morgan fingerprint density at radius 1 is 0.364 bits per heavy atom. The molecular weight excluding hydrogens is 803 g/mol. The summed E-state index contributed by atoms with van der Waals surface area (Å²) in [6, 6.07) is 75.2. The van der Waals surface area contributed by atoms with Gasteiger partial charge in [-0.3, -0.25) is 0 Å². The van der Waals surface area contributed by atoms with Crippen LogP contribution in [-0.2, 0) is 5.41 Å². The second-order valence-electron chi connectivity index (χ2n) is 17.9. The Hall–Kier alpha value is -8.47. The topological polar surface area (TPSA) is 51.8 Å². The van der Waals surface area contributed by atoms with Gasteiger partial charge in [-0.2, -0.15) is 0 Å². The van der Waals surface area contributed by atoms with Gasteiger partial charge in [-0.25, -0.2) is 15.0 Å². The normalized spacial score (nSPS) is 12.8. The van der Waals surface area contributed by atoms with E-state index >= 15 is 0 Å². The lowest BCUT2D eigenvalue weighted by atomic mass is 9.81. The van der Waals surface area contributed by atoms with Gasteiger partial charge in [0.1, 0.15) is 11.2 Å². The number of rotatable bonds is 6. The predicted molar refractivity (Wildman–Crippen MR) is 272 cm³/mol. The lowest BCUT2D eigenvalue weighted by Crippen LogP contribution is -2.14. The second kappa shape index (κ2) is 14.8. The van der Waals surface area contributed by atoms with Crippen LogP contribution in [0, 0.1) is 0 Å². The predicted octanol–water partition coefficient (Wildman–Crippen LogP) is 16.4. The highest BCUT2D eigenvalue weighted by Gasteiger charge is 2.35. The molecule has 66 heavy (non-hydrogen) atoms. The fourth-order valence-electron chi connectivity index (χ4n) is 10.4. The molecule has 0 fully saturated rings. The number of aromatic nitrogens is 3. The standard InChI is InChI=1S/C62H41N3O/c1-62(2)51-22-12-9-19-45(51)46-34-33-44(35-52(46)62)59-50-36-49(60-58(48-21-11-14-24-56(48)66-60)57(50)47-20-10-13-23-53(47)63-59)40-27-31-42(32-28-40)55-37-54(64-61(65-55)43-17-7-4-8-18-43)41-29-25-39(26-30-41)38-15-5-3-6-16-38/h3-37H,1-2H3. The van der Waals surface area contributed by atoms with E-state index in [9.17, 15) is 0 Å². The zero-order valence-corrected chi connectivity index (χ0v) is 36.5. The van der Waals surface area contributed by atoms with Gasteiger partial charge in [-0.05, 0) is 69.3 Å². The smallest absolute Gasteiger partial charge is 0.160 e. The molecule has 0 aliphatic heterocycles. The van der Waals surface area contributed by atoms with E-state index in [1.165, 1.54) is 27.8 Å². The van der Waals surface area contributed by atoms with E-state index in [0.29, 0.717) is 5.82 Å². The Labute approximate surface area is 382 Å². The number of pyridine rings is 1. The first-order valence-electron chi connectivity index (χ1n) is 22.6. The SMILES string of the molecule is CC1(C)c2ccccc2-c2ccc(-c3nc4ccccc4c4c3cc(-c3ccc(-c5cc(-c6ccc(-c7ccccc7)cc6)nc(-c6ccccc6)n5)cc3)c3oc5ccccc5c34)cc21. The van der Waals surface area contributed by atoms with Crippen LogP contribution in [0.2, 0.25) is 0 Å². The monoisotopic (exact) mass is 843 g/mol. The molecule has 9 aromatic carbocycles. The number of hydrogen-bond donors (Lipinski definition) is 0. The van der Waals surface area contributed by atoms with Gasteiger partial charge in [0.2, 0.25) is 0 Å². The van der Waals surface area contributed by atoms with Crippen molar-refractivity contribution in [2.24, 2.45) is 0 Å². The fourth-order valence-corrected chi connectivity index (χ4v) is 10.4. The molecule has 4 nitrogen and oxygen atoms in total. The summed E-state index contributed by atoms with van der Waals surface area (Å²) in [6.07, 6.45) is 0. The van der Waals surface area contributed by atoms with Crippen LogP contribution in [-0.4, -0.2) is 15.0 Å². The van der Waals surface area contributed by atoms with Gasteiger partial charge in [0.25, 0.3) is 0 Å².